The van der Waals surface area contributed by atoms with Gasteiger partial charge in [0.15, 0.2) is 0 Å². The van der Waals surface area contributed by atoms with E-state index in [9.17, 15) is 0 Å². The Balaban J connectivity index is 2.13. The summed E-state index contributed by atoms with van der Waals surface area (Å²) in [5.41, 5.74) is 2.06. The maximum atomic E-state index is 6.19. The third-order valence-corrected chi connectivity index (χ3v) is 3.15. The van der Waals surface area contributed by atoms with Gasteiger partial charge in [0.05, 0.1) is 18.8 Å². The van der Waals surface area contributed by atoms with Gasteiger partial charge in [-0.15, -0.1) is 0 Å². The topological polar surface area (TPSA) is 39.1 Å². The number of halogens is 1. The number of aromatic nitrogens is 2. The summed E-state index contributed by atoms with van der Waals surface area (Å²) in [5.74, 6) is 0.842. The first-order valence-corrected chi connectivity index (χ1v) is 6.58. The molecule has 0 amide bonds. The molecule has 1 heterocycles. The highest BCUT2D eigenvalue weighted by Gasteiger charge is 2.07. The molecule has 0 saturated heterocycles. The highest BCUT2D eigenvalue weighted by molar-refractivity contribution is 6.31. The lowest BCUT2D eigenvalue weighted by Gasteiger charge is -2.10. The van der Waals surface area contributed by atoms with Crippen molar-refractivity contribution in [2.75, 3.05) is 25.6 Å². The molecule has 1 aromatic heterocycles. The van der Waals surface area contributed by atoms with Gasteiger partial charge in [0.2, 0.25) is 5.95 Å². The van der Waals surface area contributed by atoms with Gasteiger partial charge in [-0.1, -0.05) is 29.8 Å². The van der Waals surface area contributed by atoms with Crippen molar-refractivity contribution in [2.24, 2.45) is 0 Å². The first-order chi connectivity index (χ1) is 9.20. The number of imidazole rings is 1. The third-order valence-electron chi connectivity index (χ3n) is 2.78. The monoisotopic (exact) mass is 279 g/mol. The van der Waals surface area contributed by atoms with E-state index in [1.54, 1.807) is 7.11 Å². The Morgan fingerprint density at radius 2 is 2.16 bits per heavy atom. The Labute approximate surface area is 118 Å². The van der Waals surface area contributed by atoms with Gasteiger partial charge < -0.3 is 14.6 Å². The maximum absolute atomic E-state index is 6.19. The number of methoxy groups -OCH3 is 1. The van der Waals surface area contributed by atoms with Crippen LogP contribution < -0.4 is 5.32 Å². The number of anilines is 1. The number of hydrogen-bond donors (Lipinski definition) is 1. The summed E-state index contributed by atoms with van der Waals surface area (Å²) in [6, 6.07) is 7.85. The van der Waals surface area contributed by atoms with Crippen molar-refractivity contribution in [3.8, 4) is 0 Å². The van der Waals surface area contributed by atoms with Crippen LogP contribution in [-0.2, 0) is 11.3 Å². The predicted molar refractivity (Wildman–Crippen MR) is 77.9 cm³/mol. The van der Waals surface area contributed by atoms with Crippen LogP contribution >= 0.6 is 11.6 Å². The second-order valence-corrected chi connectivity index (χ2v) is 4.75. The fraction of sp³-hybridized carbons (Fsp3) is 0.357. The summed E-state index contributed by atoms with van der Waals surface area (Å²) >= 11 is 6.19. The van der Waals surface area contributed by atoms with E-state index in [0.717, 1.165) is 28.8 Å². The molecule has 4 nitrogen and oxygen atoms in total. The number of nitrogens with one attached hydrogen (secondary N) is 1. The fourth-order valence-corrected chi connectivity index (χ4v) is 2.08. The summed E-state index contributed by atoms with van der Waals surface area (Å²) in [6.07, 6.45) is 2.01. The van der Waals surface area contributed by atoms with Gasteiger partial charge in [-0.25, -0.2) is 4.98 Å². The minimum absolute atomic E-state index is 0.651. The van der Waals surface area contributed by atoms with Gasteiger partial charge in [0.1, 0.15) is 0 Å². The summed E-state index contributed by atoms with van der Waals surface area (Å²) in [4.78, 5) is 4.46. The molecule has 0 aliphatic rings. The molecule has 0 spiro atoms. The Morgan fingerprint density at radius 3 is 2.89 bits per heavy atom. The van der Waals surface area contributed by atoms with E-state index in [1.165, 1.54) is 0 Å². The van der Waals surface area contributed by atoms with Crippen LogP contribution in [0.4, 0.5) is 5.95 Å². The second kappa shape index (κ2) is 6.59. The molecular weight excluding hydrogens is 262 g/mol. The Bertz CT molecular complexity index is 539. The van der Waals surface area contributed by atoms with Gasteiger partial charge in [0, 0.05) is 24.9 Å². The van der Waals surface area contributed by atoms with E-state index in [0.29, 0.717) is 13.2 Å². The van der Waals surface area contributed by atoms with E-state index in [-0.39, 0.29) is 0 Å². The van der Waals surface area contributed by atoms with Crippen molar-refractivity contribution in [1.29, 1.82) is 0 Å². The molecule has 1 N–H and O–H groups in total. The number of hydrogen-bond acceptors (Lipinski definition) is 3. The van der Waals surface area contributed by atoms with Gasteiger partial charge in [0.25, 0.3) is 0 Å². The largest absolute Gasteiger partial charge is 0.383 e. The van der Waals surface area contributed by atoms with E-state index < -0.39 is 0 Å². The average Bonchev–Trinajstić information content (AvgIpc) is 2.73. The molecule has 1 aromatic carbocycles. The molecule has 5 heteroatoms. The molecule has 2 aromatic rings. The lowest BCUT2D eigenvalue weighted by atomic mass is 10.2. The summed E-state index contributed by atoms with van der Waals surface area (Å²) in [5, 5.41) is 4.03. The van der Waals surface area contributed by atoms with Crippen LogP contribution in [0.1, 0.15) is 11.3 Å². The number of ether oxygens (including phenoxy) is 1. The van der Waals surface area contributed by atoms with Crippen molar-refractivity contribution in [3.63, 3.8) is 0 Å². The summed E-state index contributed by atoms with van der Waals surface area (Å²) in [6.45, 7) is 4.06. The van der Waals surface area contributed by atoms with E-state index in [1.807, 2.05) is 37.4 Å². The Hall–Kier alpha value is -1.52. The second-order valence-electron chi connectivity index (χ2n) is 4.34. The predicted octanol–water partition coefficient (Wildman–Crippen LogP) is 2.95. The maximum Gasteiger partial charge on any atom is 0.203 e. The van der Waals surface area contributed by atoms with Crippen LogP contribution in [0.3, 0.4) is 0 Å². The molecule has 0 bridgehead atoms. The molecule has 0 radical (unpaired) electrons. The summed E-state index contributed by atoms with van der Waals surface area (Å²) < 4.78 is 7.09. The molecule has 0 atom stereocenters. The standard InChI is InChI=1S/C14H18ClN3O/c1-11-9-18(14(17-11)16-7-8-19-2)10-12-5-3-4-6-13(12)15/h3-6,9H,7-8,10H2,1-2H3,(H,16,17). The average molecular weight is 280 g/mol. The molecule has 19 heavy (non-hydrogen) atoms. The van der Waals surface area contributed by atoms with Gasteiger partial charge >= 0.3 is 0 Å². The molecule has 0 aliphatic carbocycles. The van der Waals surface area contributed by atoms with E-state index in [2.05, 4.69) is 14.9 Å². The van der Waals surface area contributed by atoms with E-state index >= 15 is 0 Å². The zero-order valence-electron chi connectivity index (χ0n) is 11.2. The van der Waals surface area contributed by atoms with Crippen molar-refractivity contribution in [2.45, 2.75) is 13.5 Å². The SMILES string of the molecule is COCCNc1nc(C)cn1Cc1ccccc1Cl. The van der Waals surface area contributed by atoms with Crippen LogP contribution in [0.2, 0.25) is 5.02 Å². The molecule has 0 saturated carbocycles. The Kier molecular flexibility index (Phi) is 4.82. The number of benzene rings is 1. The van der Waals surface area contributed by atoms with Gasteiger partial charge in [-0.2, -0.15) is 0 Å². The molecule has 102 valence electrons. The molecule has 2 rings (SSSR count). The first-order valence-electron chi connectivity index (χ1n) is 6.20. The quantitative estimate of drug-likeness (QED) is 0.827. The van der Waals surface area contributed by atoms with Gasteiger partial charge in [-0.05, 0) is 18.6 Å². The van der Waals surface area contributed by atoms with Crippen molar-refractivity contribution >= 4 is 17.5 Å². The Morgan fingerprint density at radius 1 is 1.37 bits per heavy atom. The van der Waals surface area contributed by atoms with Crippen molar-refractivity contribution in [3.05, 3.63) is 46.7 Å². The van der Waals surface area contributed by atoms with Crippen molar-refractivity contribution in [1.82, 2.24) is 9.55 Å². The van der Waals surface area contributed by atoms with Crippen LogP contribution in [0.5, 0.6) is 0 Å². The smallest absolute Gasteiger partial charge is 0.203 e. The minimum atomic E-state index is 0.651. The first kappa shape index (κ1) is 13.9. The zero-order valence-corrected chi connectivity index (χ0v) is 11.9. The van der Waals surface area contributed by atoms with Crippen molar-refractivity contribution < 1.29 is 4.74 Å². The van der Waals surface area contributed by atoms with Crippen LogP contribution in [-0.4, -0.2) is 29.8 Å². The van der Waals surface area contributed by atoms with Crippen LogP contribution in [0.15, 0.2) is 30.5 Å². The van der Waals surface area contributed by atoms with E-state index in [4.69, 9.17) is 16.3 Å². The lowest BCUT2D eigenvalue weighted by Crippen LogP contribution is -2.12. The third kappa shape index (κ3) is 3.72. The number of nitrogens with zero attached hydrogens (tertiary/aromatic N) is 2. The molecule has 0 aliphatic heterocycles. The highest BCUT2D eigenvalue weighted by Crippen LogP contribution is 2.18. The fourth-order valence-electron chi connectivity index (χ4n) is 1.88. The molecule has 0 unspecified atom stereocenters. The number of rotatable bonds is 6. The number of aryl methyl sites for hydroxylation is 1. The normalized spacial score (nSPS) is 10.7. The summed E-state index contributed by atoms with van der Waals surface area (Å²) in [7, 11) is 1.68. The molecule has 0 fully saturated rings. The van der Waals surface area contributed by atoms with Gasteiger partial charge in [-0.3, -0.25) is 0 Å². The minimum Gasteiger partial charge on any atom is -0.383 e. The highest BCUT2D eigenvalue weighted by atomic mass is 35.5. The zero-order chi connectivity index (χ0) is 13.7. The van der Waals surface area contributed by atoms with Crippen LogP contribution in [0, 0.1) is 6.92 Å². The van der Waals surface area contributed by atoms with Crippen LogP contribution in [0.25, 0.3) is 0 Å². The molecular formula is C14H18ClN3O. The lowest BCUT2D eigenvalue weighted by molar-refractivity contribution is 0.210.